The van der Waals surface area contributed by atoms with Crippen LogP contribution in [0.3, 0.4) is 0 Å². The van der Waals surface area contributed by atoms with Crippen LogP contribution in [-0.2, 0) is 16.4 Å². The summed E-state index contributed by atoms with van der Waals surface area (Å²) in [5.74, 6) is 0.645. The second-order valence-electron chi connectivity index (χ2n) is 5.18. The van der Waals surface area contributed by atoms with Gasteiger partial charge in [0.2, 0.25) is 10.0 Å². The van der Waals surface area contributed by atoms with Gasteiger partial charge in [0.05, 0.1) is 12.0 Å². The van der Waals surface area contributed by atoms with Gasteiger partial charge in [0.15, 0.2) is 0 Å². The Morgan fingerprint density at radius 2 is 2.14 bits per heavy atom. The molecular weight excluding hydrogens is 288 g/mol. The highest BCUT2D eigenvalue weighted by Crippen LogP contribution is 2.26. The minimum atomic E-state index is -3.49. The number of hydrogen-bond acceptors (Lipinski definition) is 4. The minimum Gasteiger partial charge on any atom is -0.497 e. The van der Waals surface area contributed by atoms with Gasteiger partial charge >= 0.3 is 0 Å². The van der Waals surface area contributed by atoms with E-state index in [1.807, 2.05) is 13.0 Å². The lowest BCUT2D eigenvalue weighted by Crippen LogP contribution is -2.35. The molecule has 0 aromatic heterocycles. The van der Waals surface area contributed by atoms with Gasteiger partial charge in [-0.15, -0.1) is 0 Å². The summed E-state index contributed by atoms with van der Waals surface area (Å²) in [6.45, 7) is 3.38. The normalized spacial score (nSPS) is 16.6. The van der Waals surface area contributed by atoms with E-state index >= 15 is 0 Å². The first kappa shape index (κ1) is 16.0. The maximum Gasteiger partial charge on any atom is 0.243 e. The number of nitrogens with two attached hydrogens (primary N) is 1. The van der Waals surface area contributed by atoms with Crippen LogP contribution in [-0.4, -0.2) is 39.5 Å². The third-order valence-corrected chi connectivity index (χ3v) is 5.66. The predicted octanol–water partition coefficient (Wildman–Crippen LogP) is 1.54. The summed E-state index contributed by atoms with van der Waals surface area (Å²) >= 11 is 0. The summed E-state index contributed by atoms with van der Waals surface area (Å²) in [4.78, 5) is 0.335. The van der Waals surface area contributed by atoms with Crippen molar-refractivity contribution in [2.75, 3.05) is 26.7 Å². The second kappa shape index (κ2) is 6.60. The molecule has 1 aliphatic heterocycles. The fraction of sp³-hybridized carbons (Fsp3) is 0.467. The summed E-state index contributed by atoms with van der Waals surface area (Å²) in [5.41, 5.74) is 7.55. The molecule has 0 fully saturated rings. The van der Waals surface area contributed by atoms with Crippen molar-refractivity contribution < 1.29 is 13.2 Å². The Morgan fingerprint density at radius 1 is 1.38 bits per heavy atom. The number of hydrogen-bond donors (Lipinski definition) is 1. The molecule has 0 aliphatic carbocycles. The van der Waals surface area contributed by atoms with Crippen molar-refractivity contribution in [1.29, 1.82) is 0 Å². The molecule has 0 atom stereocenters. The summed E-state index contributed by atoms with van der Waals surface area (Å²) in [7, 11) is -1.92. The largest absolute Gasteiger partial charge is 0.497 e. The number of sulfonamides is 1. The zero-order valence-electron chi connectivity index (χ0n) is 12.5. The van der Waals surface area contributed by atoms with Crippen molar-refractivity contribution in [3.05, 3.63) is 35.4 Å². The quantitative estimate of drug-likeness (QED) is 0.837. The van der Waals surface area contributed by atoms with Crippen LogP contribution >= 0.6 is 0 Å². The van der Waals surface area contributed by atoms with Crippen LogP contribution in [0.2, 0.25) is 0 Å². The Labute approximate surface area is 126 Å². The first-order valence-electron chi connectivity index (χ1n) is 7.02. The van der Waals surface area contributed by atoms with Gasteiger partial charge in [-0.3, -0.25) is 0 Å². The number of benzene rings is 1. The second-order valence-corrected chi connectivity index (χ2v) is 7.08. The van der Waals surface area contributed by atoms with E-state index in [2.05, 4.69) is 0 Å². The van der Waals surface area contributed by atoms with Gasteiger partial charge in [-0.1, -0.05) is 11.6 Å². The van der Waals surface area contributed by atoms with Crippen LogP contribution in [0.15, 0.2) is 34.7 Å². The molecule has 116 valence electrons. The van der Waals surface area contributed by atoms with Crippen LogP contribution in [0.25, 0.3) is 0 Å². The molecular formula is C15H22N2O3S. The Hall–Kier alpha value is -1.37. The van der Waals surface area contributed by atoms with Crippen LogP contribution in [0.4, 0.5) is 0 Å². The molecule has 0 saturated carbocycles. The number of ether oxygens (including phenoxy) is 1. The van der Waals surface area contributed by atoms with Crippen LogP contribution in [0.1, 0.15) is 18.9 Å². The maximum atomic E-state index is 12.8. The van der Waals surface area contributed by atoms with E-state index in [1.165, 1.54) is 9.88 Å². The molecule has 1 aliphatic rings. The fourth-order valence-electron chi connectivity index (χ4n) is 2.39. The van der Waals surface area contributed by atoms with Crippen LogP contribution < -0.4 is 10.5 Å². The van der Waals surface area contributed by atoms with Crippen molar-refractivity contribution >= 4 is 10.0 Å². The van der Waals surface area contributed by atoms with Gasteiger partial charge in [-0.05, 0) is 50.1 Å². The molecule has 0 bridgehead atoms. The topological polar surface area (TPSA) is 72.6 Å². The standard InChI is InChI=1S/C15H22N2O3S/c1-12-6-9-17(10-7-12)21(18,19)15-4-3-14(20-2)11-13(15)5-8-16/h3-4,6,11H,5,7-10,16H2,1-2H3. The highest BCUT2D eigenvalue weighted by atomic mass is 32.2. The molecule has 1 aromatic rings. The smallest absolute Gasteiger partial charge is 0.243 e. The van der Waals surface area contributed by atoms with E-state index in [4.69, 9.17) is 10.5 Å². The van der Waals surface area contributed by atoms with Crippen LogP contribution in [0, 0.1) is 0 Å². The molecule has 2 N–H and O–H groups in total. The third kappa shape index (κ3) is 3.45. The predicted molar refractivity (Wildman–Crippen MR) is 82.9 cm³/mol. The molecule has 1 aromatic carbocycles. The molecule has 0 spiro atoms. The molecule has 6 heteroatoms. The lowest BCUT2D eigenvalue weighted by atomic mass is 10.1. The SMILES string of the molecule is COc1ccc(S(=O)(=O)N2CC=C(C)CC2)c(CCN)c1. The summed E-state index contributed by atoms with van der Waals surface area (Å²) in [5, 5.41) is 0. The first-order chi connectivity index (χ1) is 9.98. The molecule has 0 amide bonds. The van der Waals surface area contributed by atoms with E-state index in [9.17, 15) is 8.42 Å². The van der Waals surface area contributed by atoms with E-state index in [1.54, 1.807) is 25.3 Å². The minimum absolute atomic E-state index is 0.335. The van der Waals surface area contributed by atoms with Crippen molar-refractivity contribution in [2.45, 2.75) is 24.7 Å². The van der Waals surface area contributed by atoms with E-state index in [-0.39, 0.29) is 0 Å². The van der Waals surface area contributed by atoms with Gasteiger partial charge in [-0.2, -0.15) is 4.31 Å². The first-order valence-corrected chi connectivity index (χ1v) is 8.46. The van der Waals surface area contributed by atoms with Crippen molar-refractivity contribution in [3.63, 3.8) is 0 Å². The number of methoxy groups -OCH3 is 1. The molecule has 0 radical (unpaired) electrons. The van der Waals surface area contributed by atoms with E-state index < -0.39 is 10.0 Å². The molecule has 21 heavy (non-hydrogen) atoms. The van der Waals surface area contributed by atoms with Crippen LogP contribution in [0.5, 0.6) is 5.75 Å². The molecule has 5 nitrogen and oxygen atoms in total. The Bertz CT molecular complexity index is 638. The number of nitrogens with zero attached hydrogens (tertiary/aromatic N) is 1. The Balaban J connectivity index is 2.39. The Kier molecular flexibility index (Phi) is 5.03. The van der Waals surface area contributed by atoms with Crippen molar-refractivity contribution in [3.8, 4) is 5.75 Å². The Morgan fingerprint density at radius 3 is 2.71 bits per heavy atom. The zero-order valence-corrected chi connectivity index (χ0v) is 13.3. The van der Waals surface area contributed by atoms with Gasteiger partial charge < -0.3 is 10.5 Å². The molecule has 0 saturated heterocycles. The molecule has 0 unspecified atom stereocenters. The fourth-order valence-corrected chi connectivity index (χ4v) is 4.01. The highest BCUT2D eigenvalue weighted by Gasteiger charge is 2.27. The molecule has 2 rings (SSSR count). The van der Waals surface area contributed by atoms with Gasteiger partial charge in [0, 0.05) is 13.1 Å². The van der Waals surface area contributed by atoms with Gasteiger partial charge in [0.25, 0.3) is 0 Å². The average molecular weight is 310 g/mol. The van der Waals surface area contributed by atoms with E-state index in [0.717, 1.165) is 6.42 Å². The van der Waals surface area contributed by atoms with Crippen molar-refractivity contribution in [2.24, 2.45) is 5.73 Å². The van der Waals surface area contributed by atoms with Gasteiger partial charge in [-0.25, -0.2) is 8.42 Å². The summed E-state index contributed by atoms with van der Waals surface area (Å²) in [6, 6.07) is 5.05. The zero-order chi connectivity index (χ0) is 15.5. The third-order valence-electron chi connectivity index (χ3n) is 3.70. The highest BCUT2D eigenvalue weighted by molar-refractivity contribution is 7.89. The monoisotopic (exact) mass is 310 g/mol. The lowest BCUT2D eigenvalue weighted by Gasteiger charge is -2.26. The summed E-state index contributed by atoms with van der Waals surface area (Å²) < 4.78 is 32.3. The summed E-state index contributed by atoms with van der Waals surface area (Å²) in [6.07, 6.45) is 3.25. The molecule has 1 heterocycles. The van der Waals surface area contributed by atoms with Gasteiger partial charge in [0.1, 0.15) is 5.75 Å². The van der Waals surface area contributed by atoms with E-state index in [0.29, 0.717) is 42.3 Å². The maximum absolute atomic E-state index is 12.8. The average Bonchev–Trinajstić information content (AvgIpc) is 2.47. The number of rotatable bonds is 5. The lowest BCUT2D eigenvalue weighted by molar-refractivity contribution is 0.413. The van der Waals surface area contributed by atoms with Crippen molar-refractivity contribution in [1.82, 2.24) is 4.31 Å².